The van der Waals surface area contributed by atoms with E-state index in [-0.39, 0.29) is 18.5 Å². The molecular formula is C21H31N3O5. The Kier molecular flexibility index (Phi) is 7.61. The zero-order chi connectivity index (χ0) is 21.6. The molecule has 29 heavy (non-hydrogen) atoms. The van der Waals surface area contributed by atoms with Crippen LogP contribution in [-0.4, -0.2) is 72.2 Å². The van der Waals surface area contributed by atoms with Gasteiger partial charge < -0.3 is 19.7 Å². The van der Waals surface area contributed by atoms with Crippen LogP contribution in [0.1, 0.15) is 33.3 Å². The molecule has 1 fully saturated rings. The molecule has 2 unspecified atom stereocenters. The van der Waals surface area contributed by atoms with Gasteiger partial charge in [-0.15, -0.1) is 0 Å². The van der Waals surface area contributed by atoms with Crippen molar-refractivity contribution in [2.75, 3.05) is 26.7 Å². The molecule has 1 saturated heterocycles. The Morgan fingerprint density at radius 1 is 1.14 bits per heavy atom. The summed E-state index contributed by atoms with van der Waals surface area (Å²) in [6, 6.07) is 9.00. The second kappa shape index (κ2) is 9.73. The van der Waals surface area contributed by atoms with Crippen molar-refractivity contribution >= 4 is 18.0 Å². The minimum atomic E-state index is -0.736. The van der Waals surface area contributed by atoms with Crippen LogP contribution >= 0.6 is 0 Å². The monoisotopic (exact) mass is 405 g/mol. The first-order valence-corrected chi connectivity index (χ1v) is 9.73. The predicted octanol–water partition coefficient (Wildman–Crippen LogP) is 1.79. The van der Waals surface area contributed by atoms with Gasteiger partial charge in [-0.1, -0.05) is 30.3 Å². The number of benzene rings is 1. The molecule has 2 rings (SSSR count). The van der Waals surface area contributed by atoms with E-state index in [0.717, 1.165) is 5.56 Å². The lowest BCUT2D eigenvalue weighted by Gasteiger charge is -2.44. The third-order valence-corrected chi connectivity index (χ3v) is 4.56. The molecule has 1 aliphatic rings. The molecule has 8 heteroatoms. The van der Waals surface area contributed by atoms with Crippen molar-refractivity contribution in [1.82, 2.24) is 15.1 Å². The Morgan fingerprint density at radius 2 is 1.79 bits per heavy atom. The van der Waals surface area contributed by atoms with Crippen LogP contribution in [-0.2, 0) is 25.6 Å². The first kappa shape index (κ1) is 22.7. The van der Waals surface area contributed by atoms with Crippen LogP contribution in [0.25, 0.3) is 0 Å². The minimum Gasteiger partial charge on any atom is -0.467 e. The van der Waals surface area contributed by atoms with Crippen molar-refractivity contribution in [3.63, 3.8) is 0 Å². The Balaban J connectivity index is 2.05. The van der Waals surface area contributed by atoms with E-state index < -0.39 is 23.7 Å². The van der Waals surface area contributed by atoms with E-state index in [1.54, 1.807) is 20.8 Å². The van der Waals surface area contributed by atoms with Gasteiger partial charge >= 0.3 is 12.1 Å². The van der Waals surface area contributed by atoms with Gasteiger partial charge in [0.25, 0.3) is 0 Å². The van der Waals surface area contributed by atoms with E-state index in [0.29, 0.717) is 19.6 Å². The summed E-state index contributed by atoms with van der Waals surface area (Å²) in [5, 5.41) is 2.47. The lowest BCUT2D eigenvalue weighted by Crippen LogP contribution is -2.63. The number of esters is 1. The molecule has 0 aromatic heterocycles. The number of amides is 2. The number of nitrogens with zero attached hydrogens (tertiary/aromatic N) is 2. The highest BCUT2D eigenvalue weighted by Crippen LogP contribution is 2.19. The SMILES string of the molecule is COC(=O)C1CN(Cc2ccccc2)CC(C)N1C(=O)CNC(=O)OC(C)(C)C. The van der Waals surface area contributed by atoms with Crippen LogP contribution in [0.5, 0.6) is 0 Å². The average Bonchev–Trinajstić information content (AvgIpc) is 2.64. The highest BCUT2D eigenvalue weighted by molar-refractivity contribution is 5.88. The van der Waals surface area contributed by atoms with Crippen molar-refractivity contribution in [3.05, 3.63) is 35.9 Å². The van der Waals surface area contributed by atoms with E-state index in [1.165, 1.54) is 12.0 Å². The van der Waals surface area contributed by atoms with Crippen molar-refractivity contribution in [1.29, 1.82) is 0 Å². The maximum atomic E-state index is 12.8. The van der Waals surface area contributed by atoms with Crippen LogP contribution in [0.3, 0.4) is 0 Å². The van der Waals surface area contributed by atoms with Crippen LogP contribution in [0.4, 0.5) is 4.79 Å². The summed E-state index contributed by atoms with van der Waals surface area (Å²) < 4.78 is 10.1. The lowest BCUT2D eigenvalue weighted by molar-refractivity contribution is -0.159. The first-order valence-electron chi connectivity index (χ1n) is 9.73. The van der Waals surface area contributed by atoms with Crippen LogP contribution < -0.4 is 5.32 Å². The molecule has 0 saturated carbocycles. The van der Waals surface area contributed by atoms with Crippen molar-refractivity contribution in [2.24, 2.45) is 0 Å². The Hall–Kier alpha value is -2.61. The Bertz CT molecular complexity index is 717. The quantitative estimate of drug-likeness (QED) is 0.752. The van der Waals surface area contributed by atoms with E-state index in [9.17, 15) is 14.4 Å². The molecule has 1 aromatic rings. The zero-order valence-corrected chi connectivity index (χ0v) is 17.8. The number of carbonyl (C=O) groups excluding carboxylic acids is 3. The van der Waals surface area contributed by atoms with E-state index in [1.807, 2.05) is 37.3 Å². The predicted molar refractivity (Wildman–Crippen MR) is 108 cm³/mol. The number of carbonyl (C=O) groups is 3. The molecule has 2 atom stereocenters. The molecule has 0 bridgehead atoms. The van der Waals surface area contributed by atoms with E-state index in [4.69, 9.17) is 9.47 Å². The van der Waals surface area contributed by atoms with Crippen molar-refractivity contribution in [2.45, 2.75) is 51.9 Å². The van der Waals surface area contributed by atoms with E-state index in [2.05, 4.69) is 10.2 Å². The minimum absolute atomic E-state index is 0.218. The Morgan fingerprint density at radius 3 is 2.38 bits per heavy atom. The summed E-state index contributed by atoms with van der Waals surface area (Å²) in [4.78, 5) is 40.7. The molecular weight excluding hydrogens is 374 g/mol. The summed E-state index contributed by atoms with van der Waals surface area (Å²) in [5.74, 6) is -0.821. The zero-order valence-electron chi connectivity index (χ0n) is 17.8. The summed E-state index contributed by atoms with van der Waals surface area (Å²) in [6.45, 7) is 8.53. The summed E-state index contributed by atoms with van der Waals surface area (Å²) in [7, 11) is 1.31. The van der Waals surface area contributed by atoms with Crippen molar-refractivity contribution < 1.29 is 23.9 Å². The van der Waals surface area contributed by atoms with Gasteiger partial charge in [0.15, 0.2) is 0 Å². The molecule has 1 aliphatic heterocycles. The highest BCUT2D eigenvalue weighted by Gasteiger charge is 2.40. The largest absolute Gasteiger partial charge is 0.467 e. The van der Waals surface area contributed by atoms with Gasteiger partial charge in [0, 0.05) is 25.7 Å². The summed E-state index contributed by atoms with van der Waals surface area (Å²) in [5.41, 5.74) is 0.479. The topological polar surface area (TPSA) is 88.2 Å². The second-order valence-electron chi connectivity index (χ2n) is 8.22. The van der Waals surface area contributed by atoms with Crippen LogP contribution in [0.15, 0.2) is 30.3 Å². The van der Waals surface area contributed by atoms with Gasteiger partial charge in [-0.05, 0) is 33.3 Å². The maximum Gasteiger partial charge on any atom is 0.408 e. The highest BCUT2D eigenvalue weighted by atomic mass is 16.6. The molecule has 160 valence electrons. The summed E-state index contributed by atoms with van der Waals surface area (Å²) in [6.07, 6.45) is -0.671. The Labute approximate surface area is 172 Å². The fourth-order valence-corrected chi connectivity index (χ4v) is 3.44. The van der Waals surface area contributed by atoms with E-state index >= 15 is 0 Å². The number of hydrogen-bond acceptors (Lipinski definition) is 6. The first-order chi connectivity index (χ1) is 13.6. The number of nitrogens with one attached hydrogen (secondary N) is 1. The molecule has 0 radical (unpaired) electrons. The molecule has 1 N–H and O–H groups in total. The number of ether oxygens (including phenoxy) is 2. The summed E-state index contributed by atoms with van der Waals surface area (Å²) >= 11 is 0. The lowest BCUT2D eigenvalue weighted by atomic mass is 10.1. The smallest absolute Gasteiger partial charge is 0.408 e. The van der Waals surface area contributed by atoms with Gasteiger partial charge in [-0.3, -0.25) is 9.69 Å². The van der Waals surface area contributed by atoms with Gasteiger partial charge in [-0.2, -0.15) is 0 Å². The van der Waals surface area contributed by atoms with Gasteiger partial charge in [0.2, 0.25) is 5.91 Å². The standard InChI is InChI=1S/C21H31N3O5/c1-15-12-23(13-16-9-7-6-8-10-16)14-17(19(26)28-5)24(15)18(25)11-22-20(27)29-21(2,3)4/h6-10,15,17H,11-14H2,1-5H3,(H,22,27). The molecule has 1 heterocycles. The number of alkyl carbamates (subject to hydrolysis) is 1. The average molecular weight is 405 g/mol. The maximum absolute atomic E-state index is 12.8. The fraction of sp³-hybridized carbons (Fsp3) is 0.571. The molecule has 0 spiro atoms. The van der Waals surface area contributed by atoms with Gasteiger partial charge in [0.05, 0.1) is 7.11 Å². The number of piperazine rings is 1. The number of methoxy groups -OCH3 is 1. The van der Waals surface area contributed by atoms with Crippen LogP contribution in [0.2, 0.25) is 0 Å². The molecule has 8 nitrogen and oxygen atoms in total. The van der Waals surface area contributed by atoms with Gasteiger partial charge in [0.1, 0.15) is 18.2 Å². The number of hydrogen-bond donors (Lipinski definition) is 1. The third-order valence-electron chi connectivity index (χ3n) is 4.56. The molecule has 0 aliphatic carbocycles. The normalized spacial score (nSPS) is 20.1. The van der Waals surface area contributed by atoms with Crippen LogP contribution in [0, 0.1) is 0 Å². The van der Waals surface area contributed by atoms with Crippen molar-refractivity contribution in [3.8, 4) is 0 Å². The molecule has 1 aromatic carbocycles. The number of rotatable bonds is 5. The molecule has 2 amide bonds. The third kappa shape index (κ3) is 6.74. The fourth-order valence-electron chi connectivity index (χ4n) is 3.44. The second-order valence-corrected chi connectivity index (χ2v) is 8.22. The van der Waals surface area contributed by atoms with Gasteiger partial charge in [-0.25, -0.2) is 9.59 Å².